The zero-order valence-corrected chi connectivity index (χ0v) is 14.0. The van der Waals surface area contributed by atoms with Crippen LogP contribution < -0.4 is 15.8 Å². The fourth-order valence-corrected chi connectivity index (χ4v) is 3.22. The van der Waals surface area contributed by atoms with Crippen molar-refractivity contribution in [1.29, 1.82) is 0 Å². The van der Waals surface area contributed by atoms with Gasteiger partial charge in [0.1, 0.15) is 4.47 Å². The molecule has 1 aromatic rings. The molecular weight excluding hydrogens is 336 g/mol. The topological polar surface area (TPSA) is 70.4 Å². The molecule has 0 atom stereocenters. The molecule has 2 heterocycles. The maximum absolute atomic E-state index is 12.1. The molecule has 2 rings (SSSR count). The number of aliphatic hydroxyl groups excluding tert-OH is 1. The molecular formula is C14H23BrN4O2. The van der Waals surface area contributed by atoms with Crippen LogP contribution in [0.5, 0.6) is 0 Å². The van der Waals surface area contributed by atoms with Crippen molar-refractivity contribution in [1.82, 2.24) is 15.1 Å². The molecule has 21 heavy (non-hydrogen) atoms. The van der Waals surface area contributed by atoms with Gasteiger partial charge >= 0.3 is 0 Å². The third-order valence-electron chi connectivity index (χ3n) is 3.92. The number of hydrogen-bond acceptors (Lipinski definition) is 5. The predicted molar refractivity (Wildman–Crippen MR) is 86.8 cm³/mol. The molecule has 0 spiro atoms. The van der Waals surface area contributed by atoms with Crippen LogP contribution in [0.1, 0.15) is 19.8 Å². The molecule has 1 saturated heterocycles. The standard InChI is InChI=1S/C14H23BrN4O2/c1-2-16-9-11-3-5-18(6-4-11)12-10-17-19(7-8-20)14(21)13(12)15/h10-11,16,20H,2-9H2,1H3. The summed E-state index contributed by atoms with van der Waals surface area (Å²) in [7, 11) is 0. The Bertz CT molecular complexity index is 512. The van der Waals surface area contributed by atoms with Crippen molar-refractivity contribution >= 4 is 21.6 Å². The number of hydrogen-bond donors (Lipinski definition) is 2. The van der Waals surface area contributed by atoms with Gasteiger partial charge < -0.3 is 15.3 Å². The van der Waals surface area contributed by atoms with E-state index in [0.29, 0.717) is 10.4 Å². The Morgan fingerprint density at radius 1 is 1.48 bits per heavy atom. The lowest BCUT2D eigenvalue weighted by atomic mass is 9.96. The van der Waals surface area contributed by atoms with E-state index >= 15 is 0 Å². The fraction of sp³-hybridized carbons (Fsp3) is 0.714. The van der Waals surface area contributed by atoms with Crippen LogP contribution in [0, 0.1) is 5.92 Å². The highest BCUT2D eigenvalue weighted by atomic mass is 79.9. The molecule has 0 unspecified atom stereocenters. The van der Waals surface area contributed by atoms with Crippen LogP contribution in [-0.4, -0.2) is 47.7 Å². The van der Waals surface area contributed by atoms with Crippen LogP contribution in [0.15, 0.2) is 15.5 Å². The summed E-state index contributed by atoms with van der Waals surface area (Å²) < 4.78 is 1.82. The van der Waals surface area contributed by atoms with Crippen LogP contribution in [0.3, 0.4) is 0 Å². The van der Waals surface area contributed by atoms with Crippen molar-refractivity contribution in [3.05, 3.63) is 21.0 Å². The van der Waals surface area contributed by atoms with E-state index in [1.165, 1.54) is 4.68 Å². The van der Waals surface area contributed by atoms with Crippen molar-refractivity contribution in [2.24, 2.45) is 5.92 Å². The normalized spacial score (nSPS) is 16.4. The van der Waals surface area contributed by atoms with Crippen LogP contribution >= 0.6 is 15.9 Å². The van der Waals surface area contributed by atoms with Gasteiger partial charge in [0.25, 0.3) is 5.56 Å². The van der Waals surface area contributed by atoms with Gasteiger partial charge in [-0.2, -0.15) is 5.10 Å². The van der Waals surface area contributed by atoms with Crippen LogP contribution in [0.2, 0.25) is 0 Å². The summed E-state index contributed by atoms with van der Waals surface area (Å²) in [5.74, 6) is 0.711. The molecule has 1 aliphatic rings. The summed E-state index contributed by atoms with van der Waals surface area (Å²) in [6, 6.07) is 0. The third-order valence-corrected chi connectivity index (χ3v) is 4.66. The number of aliphatic hydroxyl groups is 1. The summed E-state index contributed by atoms with van der Waals surface area (Å²) in [5, 5.41) is 16.5. The number of nitrogens with one attached hydrogen (secondary N) is 1. The lowest BCUT2D eigenvalue weighted by molar-refractivity contribution is 0.266. The first kappa shape index (κ1) is 16.5. The Kier molecular flexibility index (Phi) is 6.20. The van der Waals surface area contributed by atoms with Gasteiger partial charge in [0.05, 0.1) is 25.0 Å². The van der Waals surface area contributed by atoms with E-state index in [-0.39, 0.29) is 18.7 Å². The summed E-state index contributed by atoms with van der Waals surface area (Å²) in [6.45, 7) is 6.23. The lowest BCUT2D eigenvalue weighted by Gasteiger charge is -2.34. The van der Waals surface area contributed by atoms with Gasteiger partial charge in [-0.15, -0.1) is 0 Å². The van der Waals surface area contributed by atoms with Gasteiger partial charge in [0.2, 0.25) is 0 Å². The van der Waals surface area contributed by atoms with Crippen LogP contribution in [-0.2, 0) is 6.54 Å². The molecule has 0 saturated carbocycles. The first-order valence-corrected chi connectivity index (χ1v) is 8.28. The molecule has 7 heteroatoms. The molecule has 6 nitrogen and oxygen atoms in total. The maximum atomic E-state index is 12.1. The minimum Gasteiger partial charge on any atom is -0.394 e. The zero-order valence-electron chi connectivity index (χ0n) is 12.4. The highest BCUT2D eigenvalue weighted by Gasteiger charge is 2.22. The smallest absolute Gasteiger partial charge is 0.283 e. The average molecular weight is 359 g/mol. The number of anilines is 1. The minimum absolute atomic E-state index is 0.0888. The van der Waals surface area contributed by atoms with E-state index in [2.05, 4.69) is 38.2 Å². The second-order valence-corrected chi connectivity index (χ2v) is 6.13. The molecule has 1 aromatic heterocycles. The van der Waals surface area contributed by atoms with Crippen molar-refractivity contribution in [3.63, 3.8) is 0 Å². The van der Waals surface area contributed by atoms with Crippen LogP contribution in [0.25, 0.3) is 0 Å². The minimum atomic E-state index is -0.184. The van der Waals surface area contributed by atoms with Gasteiger partial charge in [-0.25, -0.2) is 4.68 Å². The summed E-state index contributed by atoms with van der Waals surface area (Å²) >= 11 is 3.38. The number of aromatic nitrogens is 2. The number of rotatable bonds is 6. The summed E-state index contributed by atoms with van der Waals surface area (Å²) in [5.41, 5.74) is 0.674. The van der Waals surface area contributed by atoms with Gasteiger partial charge in [-0.1, -0.05) is 6.92 Å². The third kappa shape index (κ3) is 4.05. The van der Waals surface area contributed by atoms with E-state index in [9.17, 15) is 4.79 Å². The Hall–Kier alpha value is -0.920. The molecule has 1 aliphatic heterocycles. The largest absolute Gasteiger partial charge is 0.394 e. The summed E-state index contributed by atoms with van der Waals surface area (Å²) in [6.07, 6.45) is 3.96. The quantitative estimate of drug-likeness (QED) is 0.787. The molecule has 1 fully saturated rings. The molecule has 0 aliphatic carbocycles. The van der Waals surface area contributed by atoms with Gasteiger partial charge in [0.15, 0.2) is 0 Å². The number of piperidine rings is 1. The Labute approximate surface area is 133 Å². The SMILES string of the molecule is CCNCC1CCN(c2cnn(CCO)c(=O)c2Br)CC1. The van der Waals surface area contributed by atoms with E-state index in [1.807, 2.05) is 0 Å². The van der Waals surface area contributed by atoms with E-state index in [4.69, 9.17) is 5.11 Å². The number of halogens is 1. The molecule has 0 radical (unpaired) electrons. The van der Waals surface area contributed by atoms with E-state index < -0.39 is 0 Å². The van der Waals surface area contributed by atoms with Crippen molar-refractivity contribution in [2.75, 3.05) is 37.7 Å². The Morgan fingerprint density at radius 3 is 2.81 bits per heavy atom. The zero-order chi connectivity index (χ0) is 15.2. The maximum Gasteiger partial charge on any atom is 0.283 e. The lowest BCUT2D eigenvalue weighted by Crippen LogP contribution is -2.38. The summed E-state index contributed by atoms with van der Waals surface area (Å²) in [4.78, 5) is 14.3. The van der Waals surface area contributed by atoms with Gasteiger partial charge in [0, 0.05) is 13.1 Å². The fourth-order valence-electron chi connectivity index (χ4n) is 2.66. The second kappa shape index (κ2) is 7.91. The monoisotopic (exact) mass is 358 g/mol. The first-order valence-electron chi connectivity index (χ1n) is 7.49. The Morgan fingerprint density at radius 2 is 2.19 bits per heavy atom. The van der Waals surface area contributed by atoms with Crippen LogP contribution in [0.4, 0.5) is 5.69 Å². The molecule has 2 N–H and O–H groups in total. The molecule has 0 amide bonds. The highest BCUT2D eigenvalue weighted by molar-refractivity contribution is 9.10. The van der Waals surface area contributed by atoms with Gasteiger partial charge in [-0.05, 0) is 47.8 Å². The molecule has 118 valence electrons. The van der Waals surface area contributed by atoms with E-state index in [0.717, 1.165) is 44.7 Å². The molecule has 0 bridgehead atoms. The first-order chi connectivity index (χ1) is 10.2. The average Bonchev–Trinajstić information content (AvgIpc) is 2.51. The van der Waals surface area contributed by atoms with Crippen molar-refractivity contribution in [2.45, 2.75) is 26.3 Å². The second-order valence-electron chi connectivity index (χ2n) is 5.33. The Balaban J connectivity index is 2.03. The van der Waals surface area contributed by atoms with Crippen molar-refractivity contribution in [3.8, 4) is 0 Å². The van der Waals surface area contributed by atoms with E-state index in [1.54, 1.807) is 6.20 Å². The highest BCUT2D eigenvalue weighted by Crippen LogP contribution is 2.26. The number of nitrogens with zero attached hydrogens (tertiary/aromatic N) is 3. The molecule has 0 aromatic carbocycles. The van der Waals surface area contributed by atoms with Gasteiger partial charge in [-0.3, -0.25) is 4.79 Å². The predicted octanol–water partition coefficient (Wildman–Crippen LogP) is 0.824. The van der Waals surface area contributed by atoms with Crippen molar-refractivity contribution < 1.29 is 5.11 Å².